The highest BCUT2D eigenvalue weighted by atomic mass is 79.9. The van der Waals surface area contributed by atoms with E-state index >= 15 is 0 Å². The molecule has 0 aliphatic carbocycles. The Morgan fingerprint density at radius 3 is 2.80 bits per heavy atom. The number of fused-ring (bicyclic) bond motifs is 2. The van der Waals surface area contributed by atoms with E-state index in [1.165, 1.54) is 4.68 Å². The summed E-state index contributed by atoms with van der Waals surface area (Å²) in [6.07, 6.45) is 1.57. The van der Waals surface area contributed by atoms with Gasteiger partial charge in [-0.2, -0.15) is 9.78 Å². The number of rotatable bonds is 6. The predicted molar refractivity (Wildman–Crippen MR) is 139 cm³/mol. The monoisotopic (exact) mass is 553 g/mol. The molecule has 0 atom stereocenters. The molecular weight excluding hydrogens is 534 g/mol. The lowest BCUT2D eigenvalue weighted by Gasteiger charge is -2.13. The lowest BCUT2D eigenvalue weighted by atomic mass is 10.2. The van der Waals surface area contributed by atoms with E-state index in [1.807, 2.05) is 44.2 Å². The molecule has 1 aromatic heterocycles. The van der Waals surface area contributed by atoms with Crippen LogP contribution in [-0.2, 0) is 6.61 Å². The summed E-state index contributed by atoms with van der Waals surface area (Å²) < 4.78 is 19.0. The van der Waals surface area contributed by atoms with Crippen molar-refractivity contribution < 1.29 is 14.2 Å². The topological polar surface area (TPSA) is 74.9 Å². The van der Waals surface area contributed by atoms with Gasteiger partial charge in [0.05, 0.1) is 17.1 Å². The second kappa shape index (κ2) is 9.71. The van der Waals surface area contributed by atoms with E-state index in [-0.39, 0.29) is 18.3 Å². The predicted octanol–water partition coefficient (Wildman–Crippen LogP) is 6.13. The molecule has 1 aliphatic heterocycles. The number of hydrogen-bond donors (Lipinski definition) is 0. The first-order valence-corrected chi connectivity index (χ1v) is 12.1. The molecule has 0 bridgehead atoms. The normalized spacial score (nSPS) is 12.7. The first-order chi connectivity index (χ1) is 16.9. The zero-order valence-electron chi connectivity index (χ0n) is 19.0. The fraction of sp³-hybridized carbons (Fsp3) is 0.192. The lowest BCUT2D eigenvalue weighted by molar-refractivity contribution is 0.174. The maximum atomic E-state index is 13.3. The number of nitrogens with zero attached hydrogens (tertiary/aromatic N) is 3. The van der Waals surface area contributed by atoms with E-state index in [2.05, 4.69) is 26.0 Å². The highest BCUT2D eigenvalue weighted by Crippen LogP contribution is 2.33. The van der Waals surface area contributed by atoms with E-state index < -0.39 is 0 Å². The molecule has 0 unspecified atom stereocenters. The second-order valence-electron chi connectivity index (χ2n) is 8.31. The van der Waals surface area contributed by atoms with Crippen molar-refractivity contribution in [3.8, 4) is 17.2 Å². The van der Waals surface area contributed by atoms with Crippen LogP contribution >= 0.6 is 27.5 Å². The van der Waals surface area contributed by atoms with Crippen molar-refractivity contribution in [3.05, 3.63) is 91.4 Å². The first kappa shape index (κ1) is 23.4. The summed E-state index contributed by atoms with van der Waals surface area (Å²) >= 11 is 9.68. The third-order valence-electron chi connectivity index (χ3n) is 5.47. The van der Waals surface area contributed by atoms with Gasteiger partial charge >= 0.3 is 0 Å². The van der Waals surface area contributed by atoms with Crippen molar-refractivity contribution >= 4 is 44.6 Å². The summed E-state index contributed by atoms with van der Waals surface area (Å²) in [4.78, 5) is 18.0. The summed E-state index contributed by atoms with van der Waals surface area (Å²) in [6.45, 7) is 4.47. The summed E-state index contributed by atoms with van der Waals surface area (Å²) in [7, 11) is 0. The molecule has 2 heterocycles. The summed E-state index contributed by atoms with van der Waals surface area (Å²) in [5.74, 6) is 2.53. The molecule has 0 N–H and O–H groups in total. The molecule has 1 aliphatic rings. The minimum absolute atomic E-state index is 0.0195. The van der Waals surface area contributed by atoms with Crippen LogP contribution in [0.25, 0.3) is 10.9 Å². The molecule has 0 spiro atoms. The lowest BCUT2D eigenvalue weighted by Crippen LogP contribution is -2.23. The fourth-order valence-corrected chi connectivity index (χ4v) is 4.26. The maximum absolute atomic E-state index is 13.3. The van der Waals surface area contributed by atoms with Crippen molar-refractivity contribution in [2.45, 2.75) is 26.4 Å². The Labute approximate surface area is 215 Å². The SMILES string of the molecule is CC(C)c1nc2ccc(Br)cc2c(=O)n1N=Cc1cc(Cl)ccc1OCc1ccc2c(c1)OCO2. The van der Waals surface area contributed by atoms with Crippen LogP contribution in [0.5, 0.6) is 17.2 Å². The summed E-state index contributed by atoms with van der Waals surface area (Å²) in [5.41, 5.74) is 1.94. The van der Waals surface area contributed by atoms with E-state index in [0.29, 0.717) is 45.4 Å². The van der Waals surface area contributed by atoms with Crippen molar-refractivity contribution in [2.75, 3.05) is 6.79 Å². The molecule has 0 saturated carbocycles. The first-order valence-electron chi connectivity index (χ1n) is 11.0. The van der Waals surface area contributed by atoms with Gasteiger partial charge in [0.2, 0.25) is 6.79 Å². The van der Waals surface area contributed by atoms with Crippen LogP contribution in [0.2, 0.25) is 5.02 Å². The van der Waals surface area contributed by atoms with Gasteiger partial charge in [-0.3, -0.25) is 4.79 Å². The van der Waals surface area contributed by atoms with E-state index in [0.717, 1.165) is 15.8 Å². The maximum Gasteiger partial charge on any atom is 0.282 e. The standard InChI is InChI=1S/C26H21BrClN3O4/c1-15(2)25-30-21-6-4-18(27)11-20(21)26(32)31(25)29-12-17-10-19(28)5-8-22(17)33-13-16-3-7-23-24(9-16)35-14-34-23/h3-12,15H,13-14H2,1-2H3. The Kier molecular flexibility index (Phi) is 6.49. The molecule has 0 fully saturated rings. The largest absolute Gasteiger partial charge is 0.488 e. The number of benzene rings is 3. The van der Waals surface area contributed by atoms with Crippen molar-refractivity contribution in [1.29, 1.82) is 0 Å². The highest BCUT2D eigenvalue weighted by molar-refractivity contribution is 9.10. The molecule has 0 saturated heterocycles. The molecule has 9 heteroatoms. The molecule has 4 aromatic rings. The van der Waals surface area contributed by atoms with Gasteiger partial charge in [0.25, 0.3) is 5.56 Å². The molecule has 0 amide bonds. The van der Waals surface area contributed by atoms with Crippen molar-refractivity contribution in [2.24, 2.45) is 5.10 Å². The molecule has 5 rings (SSSR count). The average molecular weight is 555 g/mol. The molecular formula is C26H21BrClN3O4. The second-order valence-corrected chi connectivity index (χ2v) is 9.66. The molecule has 3 aromatic carbocycles. The van der Waals surface area contributed by atoms with Crippen molar-refractivity contribution in [1.82, 2.24) is 9.66 Å². The van der Waals surface area contributed by atoms with Gasteiger partial charge in [-0.05, 0) is 54.1 Å². The van der Waals surface area contributed by atoms with Crippen LogP contribution in [0.3, 0.4) is 0 Å². The quantitative estimate of drug-likeness (QED) is 0.268. The number of halogens is 2. The van der Waals surface area contributed by atoms with Gasteiger partial charge in [-0.15, -0.1) is 0 Å². The minimum atomic E-state index is -0.249. The van der Waals surface area contributed by atoms with Gasteiger partial charge in [-0.1, -0.05) is 47.4 Å². The number of ether oxygens (including phenoxy) is 3. The van der Waals surface area contributed by atoms with Gasteiger partial charge < -0.3 is 14.2 Å². The Balaban J connectivity index is 1.48. The summed E-state index contributed by atoms with van der Waals surface area (Å²) in [5, 5.41) is 5.51. The van der Waals surface area contributed by atoms with Crippen LogP contribution in [0.1, 0.15) is 36.7 Å². The Hall–Kier alpha value is -3.36. The average Bonchev–Trinajstić information content (AvgIpc) is 3.31. The minimum Gasteiger partial charge on any atom is -0.488 e. The van der Waals surface area contributed by atoms with E-state index in [1.54, 1.807) is 30.5 Å². The van der Waals surface area contributed by atoms with E-state index in [9.17, 15) is 4.79 Å². The van der Waals surface area contributed by atoms with Crippen LogP contribution in [0.4, 0.5) is 0 Å². The molecule has 0 radical (unpaired) electrons. The number of hydrogen-bond acceptors (Lipinski definition) is 6. The Morgan fingerprint density at radius 2 is 1.97 bits per heavy atom. The van der Waals surface area contributed by atoms with Gasteiger partial charge in [0.1, 0.15) is 18.2 Å². The Morgan fingerprint density at radius 1 is 1.14 bits per heavy atom. The highest BCUT2D eigenvalue weighted by Gasteiger charge is 2.15. The van der Waals surface area contributed by atoms with Crippen LogP contribution < -0.4 is 19.8 Å². The van der Waals surface area contributed by atoms with Crippen molar-refractivity contribution in [3.63, 3.8) is 0 Å². The van der Waals surface area contributed by atoms with Gasteiger partial charge in [0, 0.05) is 21.0 Å². The third-order valence-corrected chi connectivity index (χ3v) is 6.19. The van der Waals surface area contributed by atoms with Crippen LogP contribution in [0, 0.1) is 0 Å². The zero-order valence-corrected chi connectivity index (χ0v) is 21.3. The zero-order chi connectivity index (χ0) is 24.5. The number of aromatic nitrogens is 2. The fourth-order valence-electron chi connectivity index (χ4n) is 3.71. The van der Waals surface area contributed by atoms with Gasteiger partial charge in [0.15, 0.2) is 11.5 Å². The summed E-state index contributed by atoms with van der Waals surface area (Å²) in [6, 6.07) is 16.4. The van der Waals surface area contributed by atoms with E-state index in [4.69, 9.17) is 25.8 Å². The van der Waals surface area contributed by atoms with Gasteiger partial charge in [-0.25, -0.2) is 4.98 Å². The van der Waals surface area contributed by atoms with Crippen LogP contribution in [-0.4, -0.2) is 22.7 Å². The molecule has 7 nitrogen and oxygen atoms in total. The Bertz CT molecular complexity index is 1520. The third kappa shape index (κ3) is 4.90. The molecule has 178 valence electrons. The van der Waals surface area contributed by atoms with Crippen LogP contribution in [0.15, 0.2) is 69.0 Å². The molecule has 35 heavy (non-hydrogen) atoms. The smallest absolute Gasteiger partial charge is 0.282 e.